The van der Waals surface area contributed by atoms with Crippen molar-refractivity contribution in [3.63, 3.8) is 0 Å². The van der Waals surface area contributed by atoms with Crippen LogP contribution >= 0.6 is 11.6 Å². The van der Waals surface area contributed by atoms with Crippen molar-refractivity contribution in [3.05, 3.63) is 35.4 Å². The van der Waals surface area contributed by atoms with E-state index in [0.717, 1.165) is 0 Å². The van der Waals surface area contributed by atoms with Gasteiger partial charge in [0.15, 0.2) is 0 Å². The SMILES string of the molecule is C=C(O)c1ccc(OC)c(Cl)c1. The van der Waals surface area contributed by atoms with Crippen LogP contribution in [0.15, 0.2) is 24.8 Å². The summed E-state index contributed by atoms with van der Waals surface area (Å²) in [6, 6.07) is 4.97. The summed E-state index contributed by atoms with van der Waals surface area (Å²) in [5, 5.41) is 9.48. The average Bonchev–Trinajstić information content (AvgIpc) is 2.04. The molecule has 0 radical (unpaired) electrons. The van der Waals surface area contributed by atoms with Gasteiger partial charge in [-0.2, -0.15) is 0 Å². The van der Waals surface area contributed by atoms with Gasteiger partial charge in [0, 0.05) is 5.56 Å². The largest absolute Gasteiger partial charge is 0.508 e. The molecule has 1 aromatic rings. The Balaban J connectivity index is 3.10. The molecule has 0 atom stereocenters. The lowest BCUT2D eigenvalue weighted by Gasteiger charge is -2.04. The number of ether oxygens (including phenoxy) is 1. The first-order chi connectivity index (χ1) is 5.65. The summed E-state index contributed by atoms with van der Waals surface area (Å²) < 4.78 is 4.94. The first-order valence-electron chi connectivity index (χ1n) is 3.37. The van der Waals surface area contributed by atoms with Gasteiger partial charge in [-0.3, -0.25) is 0 Å². The topological polar surface area (TPSA) is 29.5 Å². The summed E-state index contributed by atoms with van der Waals surface area (Å²) in [6.45, 7) is 3.38. The van der Waals surface area contributed by atoms with Crippen molar-refractivity contribution >= 4 is 17.4 Å². The Morgan fingerprint density at radius 3 is 2.67 bits per heavy atom. The van der Waals surface area contributed by atoms with Gasteiger partial charge in [0.25, 0.3) is 0 Å². The van der Waals surface area contributed by atoms with E-state index in [-0.39, 0.29) is 5.76 Å². The normalized spacial score (nSPS) is 9.50. The molecule has 0 aliphatic heterocycles. The maximum absolute atomic E-state index is 9.02. The molecule has 1 aromatic carbocycles. The van der Waals surface area contributed by atoms with Crippen molar-refractivity contribution in [1.29, 1.82) is 0 Å². The van der Waals surface area contributed by atoms with Crippen molar-refractivity contribution in [2.24, 2.45) is 0 Å². The number of benzene rings is 1. The number of methoxy groups -OCH3 is 1. The Morgan fingerprint density at radius 2 is 2.25 bits per heavy atom. The molecule has 0 amide bonds. The van der Waals surface area contributed by atoms with E-state index >= 15 is 0 Å². The summed E-state index contributed by atoms with van der Waals surface area (Å²) in [6.07, 6.45) is 0. The van der Waals surface area contributed by atoms with E-state index in [1.807, 2.05) is 0 Å². The lowest BCUT2D eigenvalue weighted by Crippen LogP contribution is -1.86. The molecule has 0 spiro atoms. The minimum absolute atomic E-state index is 0.000414. The zero-order chi connectivity index (χ0) is 9.14. The summed E-state index contributed by atoms with van der Waals surface area (Å²) in [4.78, 5) is 0. The number of rotatable bonds is 2. The van der Waals surface area contributed by atoms with Crippen LogP contribution in [0, 0.1) is 0 Å². The van der Waals surface area contributed by atoms with Crippen LogP contribution in [0.3, 0.4) is 0 Å². The molecule has 2 nitrogen and oxygen atoms in total. The molecule has 0 saturated carbocycles. The fourth-order valence-electron chi connectivity index (χ4n) is 0.846. The van der Waals surface area contributed by atoms with Crippen molar-refractivity contribution in [2.75, 3.05) is 7.11 Å². The lowest BCUT2D eigenvalue weighted by molar-refractivity contribution is 0.415. The second-order valence-electron chi connectivity index (χ2n) is 2.30. The molecule has 64 valence electrons. The van der Waals surface area contributed by atoms with Crippen LogP contribution in [0.1, 0.15) is 5.56 Å². The van der Waals surface area contributed by atoms with Crippen LogP contribution in [0.25, 0.3) is 5.76 Å². The van der Waals surface area contributed by atoms with Crippen molar-refractivity contribution in [3.8, 4) is 5.75 Å². The molecular weight excluding hydrogens is 176 g/mol. The van der Waals surface area contributed by atoms with Crippen LogP contribution < -0.4 is 4.74 Å². The van der Waals surface area contributed by atoms with Crippen LogP contribution in [-0.4, -0.2) is 12.2 Å². The molecule has 0 heterocycles. The molecule has 3 heteroatoms. The fourth-order valence-corrected chi connectivity index (χ4v) is 1.10. The van der Waals surface area contributed by atoms with Crippen LogP contribution in [0.4, 0.5) is 0 Å². The van der Waals surface area contributed by atoms with Gasteiger partial charge in [0.05, 0.1) is 12.1 Å². The maximum atomic E-state index is 9.02. The summed E-state index contributed by atoms with van der Waals surface area (Å²) in [5.41, 5.74) is 0.598. The van der Waals surface area contributed by atoms with E-state index in [0.29, 0.717) is 16.3 Å². The monoisotopic (exact) mass is 184 g/mol. The number of hydrogen-bond donors (Lipinski definition) is 1. The molecule has 0 aliphatic carbocycles. The van der Waals surface area contributed by atoms with Crippen LogP contribution in [0.2, 0.25) is 5.02 Å². The van der Waals surface area contributed by atoms with E-state index in [4.69, 9.17) is 21.4 Å². The molecule has 1 N–H and O–H groups in total. The van der Waals surface area contributed by atoms with Gasteiger partial charge in [0.1, 0.15) is 11.5 Å². The highest BCUT2D eigenvalue weighted by Gasteiger charge is 2.02. The second kappa shape index (κ2) is 3.50. The zero-order valence-corrected chi connectivity index (χ0v) is 7.43. The number of halogens is 1. The molecule has 1 rings (SSSR count). The van der Waals surface area contributed by atoms with Gasteiger partial charge < -0.3 is 9.84 Å². The first kappa shape index (κ1) is 8.94. The van der Waals surface area contributed by atoms with E-state index < -0.39 is 0 Å². The Kier molecular flexibility index (Phi) is 2.61. The Morgan fingerprint density at radius 1 is 1.58 bits per heavy atom. The second-order valence-corrected chi connectivity index (χ2v) is 2.70. The predicted octanol–water partition coefficient (Wildman–Crippen LogP) is 2.88. The Hall–Kier alpha value is -1.15. The minimum atomic E-state index is -0.000414. The van der Waals surface area contributed by atoms with Gasteiger partial charge >= 0.3 is 0 Å². The third-order valence-electron chi connectivity index (χ3n) is 1.49. The van der Waals surface area contributed by atoms with Crippen molar-refractivity contribution in [1.82, 2.24) is 0 Å². The summed E-state index contributed by atoms with van der Waals surface area (Å²) in [5.74, 6) is 0.584. The fraction of sp³-hybridized carbons (Fsp3) is 0.111. The van der Waals surface area contributed by atoms with Crippen molar-refractivity contribution in [2.45, 2.75) is 0 Å². The molecule has 0 fully saturated rings. The molecule has 0 saturated heterocycles. The van der Waals surface area contributed by atoms with Crippen LogP contribution in [-0.2, 0) is 0 Å². The third-order valence-corrected chi connectivity index (χ3v) is 1.78. The predicted molar refractivity (Wildman–Crippen MR) is 49.7 cm³/mol. The van der Waals surface area contributed by atoms with Gasteiger partial charge in [-0.25, -0.2) is 0 Å². The zero-order valence-electron chi connectivity index (χ0n) is 6.67. The highest BCUT2D eigenvalue weighted by molar-refractivity contribution is 6.32. The molecule has 0 aromatic heterocycles. The van der Waals surface area contributed by atoms with Crippen LogP contribution in [0.5, 0.6) is 5.75 Å². The highest BCUT2D eigenvalue weighted by atomic mass is 35.5. The van der Waals surface area contributed by atoms with Gasteiger partial charge in [-0.1, -0.05) is 18.2 Å². The Labute approximate surface area is 76.0 Å². The smallest absolute Gasteiger partial charge is 0.137 e. The molecule has 0 unspecified atom stereocenters. The molecule has 0 aliphatic rings. The summed E-state index contributed by atoms with van der Waals surface area (Å²) >= 11 is 5.80. The Bertz CT molecular complexity index is 307. The number of hydrogen-bond acceptors (Lipinski definition) is 2. The third kappa shape index (κ3) is 1.71. The van der Waals surface area contributed by atoms with Gasteiger partial charge in [-0.05, 0) is 18.2 Å². The average molecular weight is 185 g/mol. The standard InChI is InChI=1S/C9H9ClO2/c1-6(11)7-3-4-9(12-2)8(10)5-7/h3-5,11H,1H2,2H3. The molecule has 0 bridgehead atoms. The quantitative estimate of drug-likeness (QED) is 0.717. The number of aliphatic hydroxyl groups is 1. The van der Waals surface area contributed by atoms with E-state index in [9.17, 15) is 0 Å². The maximum Gasteiger partial charge on any atom is 0.137 e. The first-order valence-corrected chi connectivity index (χ1v) is 3.74. The van der Waals surface area contributed by atoms with E-state index in [2.05, 4.69) is 6.58 Å². The van der Waals surface area contributed by atoms with Gasteiger partial charge in [0.2, 0.25) is 0 Å². The van der Waals surface area contributed by atoms with E-state index in [1.54, 1.807) is 18.2 Å². The van der Waals surface area contributed by atoms with Gasteiger partial charge in [-0.15, -0.1) is 0 Å². The summed E-state index contributed by atoms with van der Waals surface area (Å²) in [7, 11) is 1.54. The highest BCUT2D eigenvalue weighted by Crippen LogP contribution is 2.26. The molecule has 12 heavy (non-hydrogen) atoms. The van der Waals surface area contributed by atoms with Crippen molar-refractivity contribution < 1.29 is 9.84 Å². The lowest BCUT2D eigenvalue weighted by atomic mass is 10.2. The van der Waals surface area contributed by atoms with E-state index in [1.165, 1.54) is 7.11 Å². The number of aliphatic hydroxyl groups excluding tert-OH is 1. The minimum Gasteiger partial charge on any atom is -0.508 e. The molecular formula is C9H9ClO2.